The highest BCUT2D eigenvalue weighted by atomic mass is 16.7. The maximum Gasteiger partial charge on any atom is 0.255 e. The molecule has 2 aromatic heterocycles. The zero-order valence-corrected chi connectivity index (χ0v) is 22.6. The zero-order chi connectivity index (χ0) is 27.8. The average Bonchev–Trinajstić information content (AvgIpc) is 3.65. The molecule has 0 unspecified atom stereocenters. The lowest BCUT2D eigenvalue weighted by Gasteiger charge is -2.26. The van der Waals surface area contributed by atoms with Crippen molar-refractivity contribution >= 4 is 28.4 Å². The molecule has 2 fully saturated rings. The Morgan fingerprint density at radius 3 is 2.85 bits per heavy atom. The van der Waals surface area contributed by atoms with E-state index in [1.165, 1.54) is 6.33 Å². The molecule has 0 spiro atoms. The number of piperidine rings is 1. The number of nitrogens with two attached hydrogens (primary N) is 1. The van der Waals surface area contributed by atoms with Gasteiger partial charge in [-0.15, -0.1) is 0 Å². The van der Waals surface area contributed by atoms with Gasteiger partial charge in [0.2, 0.25) is 6.79 Å². The molecule has 2 aromatic carbocycles. The molecule has 7 rings (SSSR count). The van der Waals surface area contributed by atoms with Crippen LogP contribution in [0.25, 0.3) is 22.3 Å². The van der Waals surface area contributed by atoms with Crippen molar-refractivity contribution in [3.05, 3.63) is 53.9 Å². The maximum absolute atomic E-state index is 13.3. The van der Waals surface area contributed by atoms with Gasteiger partial charge in [0, 0.05) is 37.3 Å². The lowest BCUT2D eigenvalue weighted by Crippen LogP contribution is -2.35. The summed E-state index contributed by atoms with van der Waals surface area (Å²) in [5, 5.41) is 12.1. The van der Waals surface area contributed by atoms with Crippen molar-refractivity contribution < 1.29 is 19.0 Å². The Kier molecular flexibility index (Phi) is 6.87. The van der Waals surface area contributed by atoms with Crippen LogP contribution in [-0.4, -0.2) is 76.7 Å². The summed E-state index contributed by atoms with van der Waals surface area (Å²) in [6, 6.07) is 11.5. The molecule has 5 heterocycles. The summed E-state index contributed by atoms with van der Waals surface area (Å²) >= 11 is 0. The standard InChI is InChI=1S/C29H32N8O4/c30-27-23-24(35-37(28(23)33-16-32-27)20-5-2-8-31-14-20)21-6-7-22(26-25(21)40-17-41-26)34-29(38)19-4-1-3-18(13-19)15-36-9-11-39-12-10-36/h1,3-4,6-7,13,16,20,31H,2,5,8-12,14-15,17H2,(H,34,38)(H2,30,32,33)/t20-/m1/s1. The number of anilines is 2. The average molecular weight is 557 g/mol. The smallest absolute Gasteiger partial charge is 0.255 e. The van der Waals surface area contributed by atoms with Crippen molar-refractivity contribution in [3.63, 3.8) is 0 Å². The highest BCUT2D eigenvalue weighted by Crippen LogP contribution is 2.48. The summed E-state index contributed by atoms with van der Waals surface area (Å²) < 4.78 is 19.2. The van der Waals surface area contributed by atoms with E-state index in [0.717, 1.165) is 64.3 Å². The zero-order valence-electron chi connectivity index (χ0n) is 22.6. The predicted octanol–water partition coefficient (Wildman–Crippen LogP) is 2.81. The predicted molar refractivity (Wildman–Crippen MR) is 153 cm³/mol. The molecule has 1 amide bonds. The second-order valence-electron chi connectivity index (χ2n) is 10.5. The van der Waals surface area contributed by atoms with Crippen LogP contribution in [0, 0.1) is 0 Å². The summed E-state index contributed by atoms with van der Waals surface area (Å²) in [5.41, 5.74) is 10.5. The van der Waals surface area contributed by atoms with E-state index in [2.05, 4.69) is 25.5 Å². The minimum atomic E-state index is -0.226. The van der Waals surface area contributed by atoms with Gasteiger partial charge in [0.15, 0.2) is 17.1 Å². The third-order valence-corrected chi connectivity index (χ3v) is 7.86. The first-order chi connectivity index (χ1) is 20.2. The molecule has 0 radical (unpaired) electrons. The van der Waals surface area contributed by atoms with Crippen LogP contribution >= 0.6 is 0 Å². The van der Waals surface area contributed by atoms with E-state index in [1.807, 2.05) is 41.1 Å². The topological polar surface area (TPSA) is 142 Å². The van der Waals surface area contributed by atoms with Crippen molar-refractivity contribution in [2.45, 2.75) is 25.4 Å². The number of amides is 1. The largest absolute Gasteiger partial charge is 0.453 e. The van der Waals surface area contributed by atoms with Crippen molar-refractivity contribution in [1.29, 1.82) is 0 Å². The van der Waals surface area contributed by atoms with Crippen molar-refractivity contribution in [2.24, 2.45) is 0 Å². The molecule has 4 aromatic rings. The van der Waals surface area contributed by atoms with Crippen LogP contribution < -0.4 is 25.8 Å². The number of nitrogen functional groups attached to an aromatic ring is 1. The maximum atomic E-state index is 13.3. The van der Waals surface area contributed by atoms with Crippen molar-refractivity contribution in [1.82, 2.24) is 30.0 Å². The Balaban J connectivity index is 1.19. The molecule has 0 saturated carbocycles. The van der Waals surface area contributed by atoms with E-state index < -0.39 is 0 Å². The summed E-state index contributed by atoms with van der Waals surface area (Å²) in [7, 11) is 0. The Hall–Kier alpha value is -4.26. The highest BCUT2D eigenvalue weighted by molar-refractivity contribution is 6.06. The lowest BCUT2D eigenvalue weighted by molar-refractivity contribution is 0.0342. The monoisotopic (exact) mass is 556 g/mol. The van der Waals surface area contributed by atoms with Gasteiger partial charge in [-0.05, 0) is 49.2 Å². The number of hydrogen-bond acceptors (Lipinski definition) is 10. The first-order valence-electron chi connectivity index (χ1n) is 14.0. The lowest BCUT2D eigenvalue weighted by atomic mass is 10.1. The molecular formula is C29H32N8O4. The number of nitrogens with one attached hydrogen (secondary N) is 2. The molecule has 0 aliphatic carbocycles. The van der Waals surface area contributed by atoms with Crippen LogP contribution in [0.2, 0.25) is 0 Å². The van der Waals surface area contributed by atoms with E-state index in [9.17, 15) is 4.79 Å². The second kappa shape index (κ2) is 11.0. The van der Waals surface area contributed by atoms with E-state index in [4.69, 9.17) is 25.0 Å². The molecule has 12 heteroatoms. The summed E-state index contributed by atoms with van der Waals surface area (Å²) in [6.07, 6.45) is 3.51. The number of carbonyl (C=O) groups excluding carboxylic acids is 1. The summed E-state index contributed by atoms with van der Waals surface area (Å²) in [5.74, 6) is 1.08. The van der Waals surface area contributed by atoms with E-state index in [-0.39, 0.29) is 18.7 Å². The van der Waals surface area contributed by atoms with E-state index in [0.29, 0.717) is 50.9 Å². The van der Waals surface area contributed by atoms with Crippen molar-refractivity contribution in [2.75, 3.05) is 57.2 Å². The number of carbonyl (C=O) groups is 1. The van der Waals surface area contributed by atoms with Crippen LogP contribution in [0.3, 0.4) is 0 Å². The quantitative estimate of drug-likeness (QED) is 0.325. The molecule has 2 saturated heterocycles. The third-order valence-electron chi connectivity index (χ3n) is 7.86. The number of rotatable bonds is 6. The molecule has 4 N–H and O–H groups in total. The SMILES string of the molecule is Nc1ncnc2c1c(-c1ccc(NC(=O)c3cccc(CN4CCOCC4)c3)c3c1OCO3)nn2[C@@H]1CCCNC1. The van der Waals surface area contributed by atoms with E-state index >= 15 is 0 Å². The Bertz CT molecular complexity index is 1590. The number of morpholine rings is 1. The third kappa shape index (κ3) is 4.94. The number of nitrogens with zero attached hydrogens (tertiary/aromatic N) is 5. The number of fused-ring (bicyclic) bond motifs is 2. The van der Waals surface area contributed by atoms with Gasteiger partial charge in [-0.1, -0.05) is 12.1 Å². The Morgan fingerprint density at radius 1 is 1.12 bits per heavy atom. The Labute approximate surface area is 236 Å². The van der Waals surface area contributed by atoms with Gasteiger partial charge in [-0.2, -0.15) is 5.10 Å². The number of aromatic nitrogens is 4. The molecule has 0 bridgehead atoms. The first kappa shape index (κ1) is 25.7. The summed E-state index contributed by atoms with van der Waals surface area (Å²) in [4.78, 5) is 24.4. The van der Waals surface area contributed by atoms with Crippen LogP contribution in [0.1, 0.15) is 34.8 Å². The minimum absolute atomic E-state index is 0.0292. The van der Waals surface area contributed by atoms with Gasteiger partial charge in [0.25, 0.3) is 5.91 Å². The highest BCUT2D eigenvalue weighted by Gasteiger charge is 2.29. The fourth-order valence-electron chi connectivity index (χ4n) is 5.79. The van der Waals surface area contributed by atoms with Crippen LogP contribution in [0.5, 0.6) is 11.5 Å². The Morgan fingerprint density at radius 2 is 2.00 bits per heavy atom. The molecule has 41 heavy (non-hydrogen) atoms. The van der Waals surface area contributed by atoms with Gasteiger partial charge in [-0.3, -0.25) is 9.69 Å². The molecular weight excluding hydrogens is 524 g/mol. The van der Waals surface area contributed by atoms with Crippen molar-refractivity contribution in [3.8, 4) is 22.8 Å². The number of benzene rings is 2. The molecule has 1 atom stereocenters. The van der Waals surface area contributed by atoms with Gasteiger partial charge in [0.05, 0.1) is 30.3 Å². The summed E-state index contributed by atoms with van der Waals surface area (Å²) in [6.45, 7) is 5.83. The molecule has 3 aliphatic heterocycles. The molecule has 3 aliphatic rings. The fraction of sp³-hybridized carbons (Fsp3) is 0.379. The second-order valence-corrected chi connectivity index (χ2v) is 10.5. The van der Waals surface area contributed by atoms with Gasteiger partial charge < -0.3 is 30.6 Å². The van der Waals surface area contributed by atoms with E-state index in [1.54, 1.807) is 0 Å². The normalized spacial score (nSPS) is 19.0. The number of hydrogen-bond donors (Lipinski definition) is 3. The first-order valence-corrected chi connectivity index (χ1v) is 14.0. The van der Waals surface area contributed by atoms with Gasteiger partial charge in [0.1, 0.15) is 17.8 Å². The minimum Gasteiger partial charge on any atom is -0.453 e. The van der Waals surface area contributed by atoms with Crippen LogP contribution in [0.4, 0.5) is 11.5 Å². The van der Waals surface area contributed by atoms with Crippen LogP contribution in [0.15, 0.2) is 42.7 Å². The molecule has 212 valence electrons. The molecule has 12 nitrogen and oxygen atoms in total. The van der Waals surface area contributed by atoms with Gasteiger partial charge >= 0.3 is 0 Å². The fourth-order valence-corrected chi connectivity index (χ4v) is 5.79. The van der Waals surface area contributed by atoms with Crippen LogP contribution in [-0.2, 0) is 11.3 Å². The number of ether oxygens (including phenoxy) is 3. The van der Waals surface area contributed by atoms with Gasteiger partial charge in [-0.25, -0.2) is 14.6 Å².